The van der Waals surface area contributed by atoms with Crippen molar-refractivity contribution >= 4 is 17.0 Å². The van der Waals surface area contributed by atoms with Gasteiger partial charge >= 0.3 is 0 Å². The molecule has 0 radical (unpaired) electrons. The highest BCUT2D eigenvalue weighted by molar-refractivity contribution is 5.97. The van der Waals surface area contributed by atoms with Crippen LogP contribution in [0.4, 0.5) is 0 Å². The zero-order chi connectivity index (χ0) is 14.7. The molecule has 5 heteroatoms. The number of carbonyl (C=O) groups is 1. The topological polar surface area (TPSA) is 56.4 Å². The lowest BCUT2D eigenvalue weighted by Gasteiger charge is -2.26. The summed E-state index contributed by atoms with van der Waals surface area (Å²) < 4.78 is 12.5. The minimum Gasteiger partial charge on any atom is -0.463 e. The van der Waals surface area contributed by atoms with Crippen LogP contribution in [0, 0.1) is 5.92 Å². The van der Waals surface area contributed by atoms with Crippen LogP contribution in [0.1, 0.15) is 36.2 Å². The van der Waals surface area contributed by atoms with Gasteiger partial charge in [-0.1, -0.05) is 6.42 Å². The van der Waals surface area contributed by atoms with Crippen molar-refractivity contribution in [2.75, 3.05) is 20.3 Å². The number of aromatic nitrogens is 1. The van der Waals surface area contributed by atoms with Gasteiger partial charge in [0, 0.05) is 38.9 Å². The Kier molecular flexibility index (Phi) is 4.29. The quantitative estimate of drug-likeness (QED) is 0.798. The summed E-state index contributed by atoms with van der Waals surface area (Å²) in [7, 11) is 1.67. The van der Waals surface area contributed by atoms with E-state index in [2.05, 4.69) is 9.88 Å². The van der Waals surface area contributed by atoms with Crippen LogP contribution >= 0.6 is 0 Å². The van der Waals surface area contributed by atoms with Gasteiger partial charge in [0.25, 0.3) is 5.91 Å². The SMILES string of the molecule is COCCCNC(=O)c1cc2occc2n1CC1CCC1. The van der Waals surface area contributed by atoms with Gasteiger partial charge in [-0.15, -0.1) is 0 Å². The molecular formula is C16H22N2O3. The van der Waals surface area contributed by atoms with E-state index >= 15 is 0 Å². The Hall–Kier alpha value is -1.75. The number of hydrogen-bond donors (Lipinski definition) is 1. The first-order valence-corrected chi connectivity index (χ1v) is 7.63. The number of rotatable bonds is 7. The first kappa shape index (κ1) is 14.2. The predicted octanol–water partition coefficient (Wildman–Crippen LogP) is 2.80. The zero-order valence-electron chi connectivity index (χ0n) is 12.4. The minimum absolute atomic E-state index is 0.0307. The van der Waals surface area contributed by atoms with Crippen LogP contribution in [0.25, 0.3) is 11.1 Å². The molecule has 0 atom stereocenters. The van der Waals surface area contributed by atoms with Crippen molar-refractivity contribution in [3.8, 4) is 0 Å². The predicted molar refractivity (Wildman–Crippen MR) is 80.4 cm³/mol. The maximum atomic E-state index is 12.4. The number of hydrogen-bond acceptors (Lipinski definition) is 3. The number of nitrogens with one attached hydrogen (secondary N) is 1. The maximum absolute atomic E-state index is 12.4. The monoisotopic (exact) mass is 290 g/mol. The average molecular weight is 290 g/mol. The summed E-state index contributed by atoms with van der Waals surface area (Å²) >= 11 is 0. The molecule has 1 N–H and O–H groups in total. The Bertz CT molecular complexity index is 610. The lowest BCUT2D eigenvalue weighted by Crippen LogP contribution is -2.29. The van der Waals surface area contributed by atoms with Crippen LogP contribution in [0.3, 0.4) is 0 Å². The van der Waals surface area contributed by atoms with Crippen LogP contribution in [-0.4, -0.2) is 30.7 Å². The lowest BCUT2D eigenvalue weighted by atomic mass is 9.85. The third-order valence-electron chi connectivity index (χ3n) is 4.23. The molecule has 0 bridgehead atoms. The number of fused-ring (bicyclic) bond motifs is 1. The number of carbonyl (C=O) groups excluding carboxylic acids is 1. The molecule has 114 valence electrons. The van der Waals surface area contributed by atoms with Crippen LogP contribution < -0.4 is 5.32 Å². The van der Waals surface area contributed by atoms with Crippen molar-refractivity contribution in [1.29, 1.82) is 0 Å². The maximum Gasteiger partial charge on any atom is 0.268 e. The molecule has 0 aromatic carbocycles. The smallest absolute Gasteiger partial charge is 0.268 e. The Balaban J connectivity index is 1.74. The summed E-state index contributed by atoms with van der Waals surface area (Å²) in [5.41, 5.74) is 2.51. The van der Waals surface area contributed by atoms with Gasteiger partial charge in [-0.3, -0.25) is 4.79 Å². The average Bonchev–Trinajstić information content (AvgIpc) is 3.00. The number of nitrogens with zero attached hydrogens (tertiary/aromatic N) is 1. The number of ether oxygens (including phenoxy) is 1. The summed E-state index contributed by atoms with van der Waals surface area (Å²) in [6.07, 6.45) is 6.32. The molecule has 0 saturated heterocycles. The molecule has 21 heavy (non-hydrogen) atoms. The molecule has 2 aromatic heterocycles. The van der Waals surface area contributed by atoms with Gasteiger partial charge in [0.15, 0.2) is 5.58 Å². The first-order chi connectivity index (χ1) is 10.3. The first-order valence-electron chi connectivity index (χ1n) is 7.63. The standard InChI is InChI=1S/C16H22N2O3/c1-20-8-3-7-17-16(19)14-10-15-13(6-9-21-15)18(14)11-12-4-2-5-12/h6,9-10,12H,2-5,7-8,11H2,1H3,(H,17,19). The Morgan fingerprint density at radius 1 is 1.52 bits per heavy atom. The summed E-state index contributed by atoms with van der Waals surface area (Å²) in [4.78, 5) is 12.4. The van der Waals surface area contributed by atoms with E-state index in [-0.39, 0.29) is 5.91 Å². The largest absolute Gasteiger partial charge is 0.463 e. The third kappa shape index (κ3) is 2.97. The van der Waals surface area contributed by atoms with Crippen LogP contribution in [0.15, 0.2) is 22.8 Å². The van der Waals surface area contributed by atoms with Crippen molar-refractivity contribution in [2.45, 2.75) is 32.2 Å². The Labute approximate surface area is 124 Å². The van der Waals surface area contributed by atoms with Crippen LogP contribution in [-0.2, 0) is 11.3 Å². The van der Waals surface area contributed by atoms with E-state index in [0.29, 0.717) is 24.8 Å². The minimum atomic E-state index is -0.0307. The van der Waals surface area contributed by atoms with Gasteiger partial charge in [-0.2, -0.15) is 0 Å². The van der Waals surface area contributed by atoms with E-state index in [1.54, 1.807) is 13.4 Å². The van der Waals surface area contributed by atoms with E-state index in [9.17, 15) is 4.79 Å². The molecule has 5 nitrogen and oxygen atoms in total. The Morgan fingerprint density at radius 2 is 2.38 bits per heavy atom. The van der Waals surface area contributed by atoms with E-state index in [1.807, 2.05) is 12.1 Å². The molecule has 1 aliphatic carbocycles. The summed E-state index contributed by atoms with van der Waals surface area (Å²) in [5, 5.41) is 2.95. The van der Waals surface area contributed by atoms with Crippen molar-refractivity contribution < 1.29 is 13.9 Å². The summed E-state index contributed by atoms with van der Waals surface area (Å²) in [6, 6.07) is 3.79. The van der Waals surface area contributed by atoms with Gasteiger partial charge < -0.3 is 19.0 Å². The van der Waals surface area contributed by atoms with Gasteiger partial charge in [-0.05, 0) is 25.2 Å². The fourth-order valence-corrected chi connectivity index (χ4v) is 2.80. The van der Waals surface area contributed by atoms with Gasteiger partial charge in [-0.25, -0.2) is 0 Å². The normalized spacial score (nSPS) is 15.3. The van der Waals surface area contributed by atoms with Crippen molar-refractivity contribution in [2.24, 2.45) is 5.92 Å². The highest BCUT2D eigenvalue weighted by Crippen LogP contribution is 2.31. The molecular weight excluding hydrogens is 268 g/mol. The second kappa shape index (κ2) is 6.35. The van der Waals surface area contributed by atoms with Crippen LogP contribution in [0.5, 0.6) is 0 Å². The molecule has 0 unspecified atom stereocenters. The summed E-state index contributed by atoms with van der Waals surface area (Å²) in [6.45, 7) is 2.19. The molecule has 1 fully saturated rings. The van der Waals surface area contributed by atoms with Crippen molar-refractivity contribution in [1.82, 2.24) is 9.88 Å². The molecule has 1 aliphatic rings. The highest BCUT2D eigenvalue weighted by Gasteiger charge is 2.23. The Morgan fingerprint density at radius 3 is 3.10 bits per heavy atom. The zero-order valence-corrected chi connectivity index (χ0v) is 12.4. The van der Waals surface area contributed by atoms with E-state index in [4.69, 9.17) is 9.15 Å². The molecule has 0 aliphatic heterocycles. The van der Waals surface area contributed by atoms with E-state index in [1.165, 1.54) is 19.3 Å². The molecule has 3 rings (SSSR count). The second-order valence-electron chi connectivity index (χ2n) is 5.71. The highest BCUT2D eigenvalue weighted by atomic mass is 16.5. The van der Waals surface area contributed by atoms with Crippen molar-refractivity contribution in [3.63, 3.8) is 0 Å². The molecule has 1 amide bonds. The third-order valence-corrected chi connectivity index (χ3v) is 4.23. The van der Waals surface area contributed by atoms with E-state index in [0.717, 1.165) is 24.1 Å². The molecule has 1 saturated carbocycles. The number of furan rings is 1. The van der Waals surface area contributed by atoms with Gasteiger partial charge in [0.05, 0.1) is 11.8 Å². The van der Waals surface area contributed by atoms with E-state index < -0.39 is 0 Å². The fraction of sp³-hybridized carbons (Fsp3) is 0.562. The van der Waals surface area contributed by atoms with Crippen molar-refractivity contribution in [3.05, 3.63) is 24.1 Å². The molecule has 0 spiro atoms. The molecule has 2 heterocycles. The lowest BCUT2D eigenvalue weighted by molar-refractivity contribution is 0.0937. The van der Waals surface area contributed by atoms with Crippen LogP contribution in [0.2, 0.25) is 0 Å². The fourth-order valence-electron chi connectivity index (χ4n) is 2.80. The second-order valence-corrected chi connectivity index (χ2v) is 5.71. The number of amides is 1. The summed E-state index contributed by atoms with van der Waals surface area (Å²) in [5.74, 6) is 0.660. The molecule has 2 aromatic rings. The van der Waals surface area contributed by atoms with Gasteiger partial charge in [0.1, 0.15) is 5.69 Å². The number of methoxy groups -OCH3 is 1. The van der Waals surface area contributed by atoms with Gasteiger partial charge in [0.2, 0.25) is 0 Å².